The lowest BCUT2D eigenvalue weighted by Crippen LogP contribution is -2.49. The number of nitrogens with zero attached hydrogens (tertiary/aromatic N) is 2. The smallest absolute Gasteiger partial charge is 0.223 e. The third-order valence-corrected chi connectivity index (χ3v) is 6.30. The van der Waals surface area contributed by atoms with Gasteiger partial charge in [-0.05, 0) is 25.2 Å². The molecule has 1 saturated carbocycles. The molecule has 0 aromatic rings. The quantitative estimate of drug-likeness (QED) is 0.441. The second-order valence-corrected chi connectivity index (χ2v) is 8.19. The van der Waals surface area contributed by atoms with Crippen LogP contribution in [0.5, 0.6) is 0 Å². The molecule has 23 heavy (non-hydrogen) atoms. The van der Waals surface area contributed by atoms with Crippen LogP contribution in [0.15, 0.2) is 4.99 Å². The Labute approximate surface area is 145 Å². The first-order valence-corrected chi connectivity index (χ1v) is 10.0. The Hall–Kier alpha value is -0.910. The van der Waals surface area contributed by atoms with Gasteiger partial charge in [0.15, 0.2) is 5.96 Å². The van der Waals surface area contributed by atoms with Gasteiger partial charge < -0.3 is 15.5 Å². The molecular weight excluding hydrogens is 308 g/mol. The molecule has 2 aliphatic rings. The normalized spacial score (nSPS) is 22.9. The van der Waals surface area contributed by atoms with Gasteiger partial charge in [-0.2, -0.15) is 11.8 Å². The summed E-state index contributed by atoms with van der Waals surface area (Å²) in [5, 5.41) is 7.17. The molecule has 1 atom stereocenters. The van der Waals surface area contributed by atoms with E-state index in [4.69, 9.17) is 0 Å². The van der Waals surface area contributed by atoms with Gasteiger partial charge in [-0.1, -0.05) is 20.3 Å². The Bertz CT molecular complexity index is 409. The van der Waals surface area contributed by atoms with Crippen molar-refractivity contribution in [3.63, 3.8) is 0 Å². The van der Waals surface area contributed by atoms with E-state index in [9.17, 15) is 4.79 Å². The van der Waals surface area contributed by atoms with Crippen molar-refractivity contribution in [3.8, 4) is 0 Å². The zero-order chi connectivity index (χ0) is 16.7. The maximum Gasteiger partial charge on any atom is 0.223 e. The highest BCUT2D eigenvalue weighted by molar-refractivity contribution is 8.00. The Balaban J connectivity index is 1.63. The summed E-state index contributed by atoms with van der Waals surface area (Å²) in [5.41, 5.74) is 0. The minimum atomic E-state index is 0.244. The molecule has 1 aliphatic heterocycles. The average molecular weight is 341 g/mol. The van der Waals surface area contributed by atoms with Crippen LogP contribution in [-0.4, -0.2) is 61.0 Å². The van der Waals surface area contributed by atoms with E-state index in [0.29, 0.717) is 11.2 Å². The van der Waals surface area contributed by atoms with Crippen LogP contribution in [0, 0.1) is 11.8 Å². The fourth-order valence-electron chi connectivity index (χ4n) is 2.92. The molecule has 2 rings (SSSR count). The van der Waals surface area contributed by atoms with E-state index in [1.807, 2.05) is 7.05 Å². The second-order valence-electron chi connectivity index (χ2n) is 6.85. The first kappa shape index (κ1) is 18.4. The number of carbonyl (C=O) groups is 1. The molecule has 0 spiro atoms. The predicted octanol–water partition coefficient (Wildman–Crippen LogP) is 1.94. The summed E-state index contributed by atoms with van der Waals surface area (Å²) in [6, 6.07) is 0. The number of nitrogens with one attached hydrogen (secondary N) is 2. The molecule has 0 bridgehead atoms. The van der Waals surface area contributed by atoms with Crippen molar-refractivity contribution in [1.82, 2.24) is 15.5 Å². The Morgan fingerprint density at radius 3 is 2.65 bits per heavy atom. The fraction of sp³-hybridized carbons (Fsp3) is 0.882. The van der Waals surface area contributed by atoms with Gasteiger partial charge in [-0.15, -0.1) is 0 Å². The minimum absolute atomic E-state index is 0.244. The summed E-state index contributed by atoms with van der Waals surface area (Å²) in [7, 11) is 1.85. The largest absolute Gasteiger partial charge is 0.356 e. The maximum atomic E-state index is 11.8. The van der Waals surface area contributed by atoms with E-state index in [2.05, 4.69) is 46.1 Å². The molecule has 1 saturated heterocycles. The molecular formula is C17H32N4OS. The third kappa shape index (κ3) is 5.59. The van der Waals surface area contributed by atoms with Crippen molar-refractivity contribution in [1.29, 1.82) is 0 Å². The molecule has 2 N–H and O–H groups in total. The summed E-state index contributed by atoms with van der Waals surface area (Å²) < 4.78 is 0. The second kappa shape index (κ2) is 9.40. The van der Waals surface area contributed by atoms with Gasteiger partial charge in [0.05, 0.1) is 0 Å². The SMILES string of the molecule is CN=C(NCCCNC(=O)C1CCC1)N1CCSC(C(C)C)C1. The van der Waals surface area contributed by atoms with Crippen molar-refractivity contribution in [2.45, 2.75) is 44.8 Å². The Morgan fingerprint density at radius 1 is 1.30 bits per heavy atom. The lowest BCUT2D eigenvalue weighted by Gasteiger charge is -2.36. The monoisotopic (exact) mass is 340 g/mol. The molecule has 0 aromatic carbocycles. The van der Waals surface area contributed by atoms with Gasteiger partial charge in [-0.3, -0.25) is 9.79 Å². The maximum absolute atomic E-state index is 11.8. The molecule has 1 unspecified atom stereocenters. The zero-order valence-corrected chi connectivity index (χ0v) is 15.6. The molecule has 2 fully saturated rings. The van der Waals surface area contributed by atoms with Crippen LogP contribution in [-0.2, 0) is 4.79 Å². The van der Waals surface area contributed by atoms with Crippen molar-refractivity contribution in [3.05, 3.63) is 0 Å². The van der Waals surface area contributed by atoms with Gasteiger partial charge in [0.25, 0.3) is 0 Å². The average Bonchev–Trinajstić information content (AvgIpc) is 2.49. The highest BCUT2D eigenvalue weighted by Crippen LogP contribution is 2.26. The van der Waals surface area contributed by atoms with Crippen LogP contribution in [0.4, 0.5) is 0 Å². The number of hydrogen-bond donors (Lipinski definition) is 2. The summed E-state index contributed by atoms with van der Waals surface area (Å²) >= 11 is 2.08. The van der Waals surface area contributed by atoms with Crippen molar-refractivity contribution in [2.24, 2.45) is 16.8 Å². The van der Waals surface area contributed by atoms with Gasteiger partial charge in [0, 0.05) is 50.1 Å². The predicted molar refractivity (Wildman–Crippen MR) is 99.0 cm³/mol. The minimum Gasteiger partial charge on any atom is -0.356 e. The number of aliphatic imine (C=N–C) groups is 1. The van der Waals surface area contributed by atoms with E-state index in [1.54, 1.807) is 0 Å². The molecule has 0 radical (unpaired) electrons. The number of guanidine groups is 1. The van der Waals surface area contributed by atoms with Crippen LogP contribution >= 0.6 is 11.8 Å². The lowest BCUT2D eigenvalue weighted by atomic mass is 9.85. The molecule has 6 heteroatoms. The van der Waals surface area contributed by atoms with Crippen LogP contribution in [0.1, 0.15) is 39.5 Å². The number of rotatable bonds is 6. The van der Waals surface area contributed by atoms with Crippen LogP contribution in [0.2, 0.25) is 0 Å². The molecule has 1 aliphatic carbocycles. The molecule has 132 valence electrons. The van der Waals surface area contributed by atoms with E-state index < -0.39 is 0 Å². The van der Waals surface area contributed by atoms with E-state index in [-0.39, 0.29) is 11.8 Å². The van der Waals surface area contributed by atoms with Crippen LogP contribution < -0.4 is 10.6 Å². The number of thioether (sulfide) groups is 1. The van der Waals surface area contributed by atoms with Gasteiger partial charge in [0.1, 0.15) is 0 Å². The molecule has 1 heterocycles. The Kier molecular flexibility index (Phi) is 7.53. The number of carbonyl (C=O) groups excluding carboxylic acids is 1. The fourth-order valence-corrected chi connectivity index (χ4v) is 4.22. The van der Waals surface area contributed by atoms with Crippen LogP contribution in [0.3, 0.4) is 0 Å². The van der Waals surface area contributed by atoms with Crippen molar-refractivity contribution in [2.75, 3.05) is 39.0 Å². The number of hydrogen-bond acceptors (Lipinski definition) is 3. The highest BCUT2D eigenvalue weighted by atomic mass is 32.2. The highest BCUT2D eigenvalue weighted by Gasteiger charge is 2.25. The summed E-state index contributed by atoms with van der Waals surface area (Å²) in [5.74, 6) is 3.40. The molecule has 1 amide bonds. The van der Waals surface area contributed by atoms with Gasteiger partial charge >= 0.3 is 0 Å². The van der Waals surface area contributed by atoms with Crippen LogP contribution in [0.25, 0.3) is 0 Å². The third-order valence-electron chi connectivity index (χ3n) is 4.76. The topological polar surface area (TPSA) is 56.7 Å². The van der Waals surface area contributed by atoms with Crippen molar-refractivity contribution < 1.29 is 4.79 Å². The first-order valence-electron chi connectivity index (χ1n) is 8.96. The zero-order valence-electron chi connectivity index (χ0n) is 14.8. The lowest BCUT2D eigenvalue weighted by molar-refractivity contribution is -0.127. The van der Waals surface area contributed by atoms with Crippen molar-refractivity contribution >= 4 is 23.6 Å². The van der Waals surface area contributed by atoms with E-state index in [0.717, 1.165) is 51.4 Å². The molecule has 5 nitrogen and oxygen atoms in total. The summed E-state index contributed by atoms with van der Waals surface area (Å²) in [4.78, 5) is 18.6. The standard InChI is InChI=1S/C17H32N4OS/c1-13(2)15-12-21(10-11-23-15)17(18-3)20-9-5-8-19-16(22)14-6-4-7-14/h13-15H,4-12H2,1-3H3,(H,18,20)(H,19,22). The molecule has 0 aromatic heterocycles. The van der Waals surface area contributed by atoms with Gasteiger partial charge in [0.2, 0.25) is 5.91 Å². The summed E-state index contributed by atoms with van der Waals surface area (Å²) in [6.45, 7) is 8.33. The van der Waals surface area contributed by atoms with E-state index >= 15 is 0 Å². The Morgan fingerprint density at radius 2 is 2.04 bits per heavy atom. The first-order chi connectivity index (χ1) is 11.1. The van der Waals surface area contributed by atoms with Gasteiger partial charge in [-0.25, -0.2) is 0 Å². The van der Waals surface area contributed by atoms with E-state index in [1.165, 1.54) is 12.2 Å². The number of amides is 1. The summed E-state index contributed by atoms with van der Waals surface area (Å²) in [6.07, 6.45) is 4.29.